The molecule has 18 heavy (non-hydrogen) atoms. The molecule has 0 heterocycles. The van der Waals surface area contributed by atoms with Crippen LogP contribution < -0.4 is 15.4 Å². The van der Waals surface area contributed by atoms with E-state index in [1.807, 2.05) is 18.2 Å². The predicted molar refractivity (Wildman–Crippen MR) is 81.4 cm³/mol. The second-order valence-electron chi connectivity index (χ2n) is 3.57. The smallest absolute Gasteiger partial charge is 0.170 e. The normalized spacial score (nSPS) is 9.94. The van der Waals surface area contributed by atoms with E-state index in [0.717, 1.165) is 35.5 Å². The lowest BCUT2D eigenvalue weighted by atomic mass is 10.3. The minimum atomic E-state index is 0.572. The van der Waals surface area contributed by atoms with E-state index in [4.69, 9.17) is 21.7 Å². The molecule has 0 aromatic heterocycles. The molecule has 0 aliphatic rings. The molecule has 0 saturated carbocycles. The SMILES string of the molecule is COCCCNC(=S)Nc1cc(Br)ccc1OC. The van der Waals surface area contributed by atoms with Gasteiger partial charge in [-0.1, -0.05) is 15.9 Å². The number of anilines is 1. The van der Waals surface area contributed by atoms with Crippen LogP contribution in [0.1, 0.15) is 6.42 Å². The standard InChI is InChI=1S/C12H17BrN2O2S/c1-16-7-3-6-14-12(18)15-10-8-9(13)4-5-11(10)17-2/h4-5,8H,3,6-7H2,1-2H3,(H2,14,15,18). The van der Waals surface area contributed by atoms with Crippen molar-refractivity contribution in [3.63, 3.8) is 0 Å². The molecule has 100 valence electrons. The van der Waals surface area contributed by atoms with E-state index in [1.54, 1.807) is 14.2 Å². The first-order chi connectivity index (χ1) is 8.67. The van der Waals surface area contributed by atoms with E-state index >= 15 is 0 Å². The van der Waals surface area contributed by atoms with Gasteiger partial charge in [-0.05, 0) is 36.8 Å². The molecule has 6 heteroatoms. The van der Waals surface area contributed by atoms with Crippen molar-refractivity contribution in [2.75, 3.05) is 32.7 Å². The van der Waals surface area contributed by atoms with Crippen molar-refractivity contribution in [3.8, 4) is 5.75 Å². The molecule has 1 aromatic rings. The number of halogens is 1. The van der Waals surface area contributed by atoms with Gasteiger partial charge >= 0.3 is 0 Å². The highest BCUT2D eigenvalue weighted by Crippen LogP contribution is 2.27. The summed E-state index contributed by atoms with van der Waals surface area (Å²) in [7, 11) is 3.31. The Kier molecular flexibility index (Phi) is 7.00. The lowest BCUT2D eigenvalue weighted by molar-refractivity contribution is 0.196. The lowest BCUT2D eigenvalue weighted by Crippen LogP contribution is -2.29. The molecule has 0 bridgehead atoms. The third kappa shape index (κ3) is 5.20. The largest absolute Gasteiger partial charge is 0.495 e. The fourth-order valence-corrected chi connectivity index (χ4v) is 1.94. The van der Waals surface area contributed by atoms with Gasteiger partial charge in [-0.2, -0.15) is 0 Å². The Bertz CT molecular complexity index is 402. The molecular weight excluding hydrogens is 316 g/mol. The van der Waals surface area contributed by atoms with Gasteiger partial charge in [0.25, 0.3) is 0 Å². The van der Waals surface area contributed by atoms with E-state index in [9.17, 15) is 0 Å². The zero-order valence-corrected chi connectivity index (χ0v) is 12.9. The van der Waals surface area contributed by atoms with Crippen LogP contribution in [0, 0.1) is 0 Å². The van der Waals surface area contributed by atoms with E-state index < -0.39 is 0 Å². The number of nitrogens with one attached hydrogen (secondary N) is 2. The highest BCUT2D eigenvalue weighted by atomic mass is 79.9. The van der Waals surface area contributed by atoms with Gasteiger partial charge < -0.3 is 20.1 Å². The van der Waals surface area contributed by atoms with Crippen LogP contribution in [0.5, 0.6) is 5.75 Å². The molecule has 0 spiro atoms. The molecule has 0 amide bonds. The Hall–Kier alpha value is -0.850. The molecule has 0 unspecified atom stereocenters. The summed E-state index contributed by atoms with van der Waals surface area (Å²) in [6.07, 6.45) is 0.911. The Morgan fingerprint density at radius 3 is 2.83 bits per heavy atom. The van der Waals surface area contributed by atoms with Crippen molar-refractivity contribution in [2.45, 2.75) is 6.42 Å². The first-order valence-electron chi connectivity index (χ1n) is 5.54. The molecule has 0 radical (unpaired) electrons. The first-order valence-corrected chi connectivity index (χ1v) is 6.75. The minimum Gasteiger partial charge on any atom is -0.495 e. The van der Waals surface area contributed by atoms with Gasteiger partial charge in [-0.15, -0.1) is 0 Å². The molecule has 4 nitrogen and oxygen atoms in total. The first kappa shape index (κ1) is 15.2. The topological polar surface area (TPSA) is 42.5 Å². The Morgan fingerprint density at radius 2 is 2.17 bits per heavy atom. The summed E-state index contributed by atoms with van der Waals surface area (Å²) in [5.74, 6) is 0.749. The van der Waals surface area contributed by atoms with E-state index in [0.29, 0.717) is 5.11 Å². The molecular formula is C12H17BrN2O2S. The van der Waals surface area contributed by atoms with Crippen LogP contribution in [0.25, 0.3) is 0 Å². The summed E-state index contributed by atoms with van der Waals surface area (Å²) in [5.41, 5.74) is 0.830. The number of hydrogen-bond donors (Lipinski definition) is 2. The minimum absolute atomic E-state index is 0.572. The zero-order chi connectivity index (χ0) is 13.4. The third-order valence-corrected chi connectivity index (χ3v) is 2.96. The summed E-state index contributed by atoms with van der Waals surface area (Å²) < 4.78 is 11.2. The van der Waals surface area contributed by atoms with Crippen LogP contribution in [0.3, 0.4) is 0 Å². The monoisotopic (exact) mass is 332 g/mol. The number of ether oxygens (including phenoxy) is 2. The van der Waals surface area contributed by atoms with Crippen LogP contribution in [0.4, 0.5) is 5.69 Å². The van der Waals surface area contributed by atoms with Crippen molar-refractivity contribution in [1.29, 1.82) is 0 Å². The van der Waals surface area contributed by atoms with Gasteiger partial charge in [0.1, 0.15) is 5.75 Å². The third-order valence-electron chi connectivity index (χ3n) is 2.22. The molecule has 1 aromatic carbocycles. The van der Waals surface area contributed by atoms with Crippen LogP contribution in [0.2, 0.25) is 0 Å². The molecule has 0 atom stereocenters. The number of hydrogen-bond acceptors (Lipinski definition) is 3. The number of methoxy groups -OCH3 is 2. The molecule has 0 saturated heterocycles. The van der Waals surface area contributed by atoms with Gasteiger partial charge in [-0.3, -0.25) is 0 Å². The average Bonchev–Trinajstić information content (AvgIpc) is 2.35. The van der Waals surface area contributed by atoms with Crippen LogP contribution >= 0.6 is 28.1 Å². The maximum Gasteiger partial charge on any atom is 0.170 e. The van der Waals surface area contributed by atoms with Crippen molar-refractivity contribution < 1.29 is 9.47 Å². The maximum atomic E-state index is 5.25. The Morgan fingerprint density at radius 1 is 1.39 bits per heavy atom. The average molecular weight is 333 g/mol. The van der Waals surface area contributed by atoms with Crippen LogP contribution in [-0.2, 0) is 4.74 Å². The zero-order valence-electron chi connectivity index (χ0n) is 10.5. The Labute approximate surface area is 121 Å². The Balaban J connectivity index is 2.50. The molecule has 0 fully saturated rings. The van der Waals surface area contributed by atoms with Crippen molar-refractivity contribution in [3.05, 3.63) is 22.7 Å². The van der Waals surface area contributed by atoms with Gasteiger partial charge in [-0.25, -0.2) is 0 Å². The van der Waals surface area contributed by atoms with Crippen molar-refractivity contribution >= 4 is 38.9 Å². The second kappa shape index (κ2) is 8.29. The summed E-state index contributed by atoms with van der Waals surface area (Å²) in [5, 5.41) is 6.78. The fraction of sp³-hybridized carbons (Fsp3) is 0.417. The summed E-state index contributed by atoms with van der Waals surface area (Å²) >= 11 is 8.62. The molecule has 0 aliphatic heterocycles. The molecule has 1 rings (SSSR count). The predicted octanol–water partition coefficient (Wildman–Crippen LogP) is 2.78. The summed E-state index contributed by atoms with van der Waals surface area (Å²) in [6.45, 7) is 1.49. The van der Waals surface area contributed by atoms with Crippen molar-refractivity contribution in [2.24, 2.45) is 0 Å². The van der Waals surface area contributed by atoms with Gasteiger partial charge in [0, 0.05) is 24.7 Å². The number of thiocarbonyl (C=S) groups is 1. The van der Waals surface area contributed by atoms with Crippen molar-refractivity contribution in [1.82, 2.24) is 5.32 Å². The van der Waals surface area contributed by atoms with E-state index in [-0.39, 0.29) is 0 Å². The highest BCUT2D eigenvalue weighted by Gasteiger charge is 2.05. The van der Waals surface area contributed by atoms with Gasteiger partial charge in [0.15, 0.2) is 5.11 Å². The number of benzene rings is 1. The van der Waals surface area contributed by atoms with Gasteiger partial charge in [0.05, 0.1) is 12.8 Å². The van der Waals surface area contributed by atoms with E-state index in [1.165, 1.54) is 0 Å². The summed E-state index contributed by atoms with van der Waals surface area (Å²) in [4.78, 5) is 0. The maximum absolute atomic E-state index is 5.25. The van der Waals surface area contributed by atoms with E-state index in [2.05, 4.69) is 26.6 Å². The summed E-state index contributed by atoms with van der Waals surface area (Å²) in [6, 6.07) is 5.71. The quantitative estimate of drug-likeness (QED) is 0.619. The second-order valence-corrected chi connectivity index (χ2v) is 4.90. The van der Waals surface area contributed by atoms with Crippen LogP contribution in [0.15, 0.2) is 22.7 Å². The molecule has 2 N–H and O–H groups in total. The lowest BCUT2D eigenvalue weighted by Gasteiger charge is -2.13. The fourth-order valence-electron chi connectivity index (χ4n) is 1.36. The molecule has 0 aliphatic carbocycles. The van der Waals surface area contributed by atoms with Crippen LogP contribution in [-0.4, -0.2) is 32.5 Å². The number of rotatable bonds is 6. The van der Waals surface area contributed by atoms with Gasteiger partial charge in [0.2, 0.25) is 0 Å². The highest BCUT2D eigenvalue weighted by molar-refractivity contribution is 9.10.